The average Bonchev–Trinajstić information content (AvgIpc) is 1.98. The lowest BCUT2D eigenvalue weighted by molar-refractivity contribution is -0.120. The summed E-state index contributed by atoms with van der Waals surface area (Å²) in [4.78, 5) is 0. The number of rotatable bonds is 0. The first kappa shape index (κ1) is 10.6. The van der Waals surface area contributed by atoms with E-state index in [0.29, 0.717) is 12.8 Å². The van der Waals surface area contributed by atoms with E-state index >= 15 is 0 Å². The van der Waals surface area contributed by atoms with Crippen molar-refractivity contribution >= 4 is 0 Å². The highest BCUT2D eigenvalue weighted by Gasteiger charge is 2.51. The van der Waals surface area contributed by atoms with Gasteiger partial charge in [0.25, 0.3) is 0 Å². The van der Waals surface area contributed by atoms with Gasteiger partial charge in [-0.15, -0.1) is 6.42 Å². The second kappa shape index (κ2) is 3.01. The van der Waals surface area contributed by atoms with E-state index in [0.717, 1.165) is 0 Å². The molecule has 2 nitrogen and oxygen atoms in total. The Morgan fingerprint density at radius 3 is 2.38 bits per heavy atom. The number of hydrogen-bond donors (Lipinski definition) is 2. The fourth-order valence-electron chi connectivity index (χ4n) is 2.41. The van der Waals surface area contributed by atoms with Gasteiger partial charge in [0.05, 0.1) is 6.10 Å². The first-order valence-electron chi connectivity index (χ1n) is 4.71. The molecule has 0 aromatic heterocycles. The Bertz CT molecular complexity index is 239. The van der Waals surface area contributed by atoms with E-state index in [1.165, 1.54) is 0 Å². The predicted octanol–water partition coefficient (Wildman–Crippen LogP) is 1.17. The zero-order valence-corrected chi connectivity index (χ0v) is 8.54. The van der Waals surface area contributed by atoms with Gasteiger partial charge in [-0.3, -0.25) is 0 Å². The van der Waals surface area contributed by atoms with Gasteiger partial charge >= 0.3 is 0 Å². The molecule has 1 saturated carbocycles. The van der Waals surface area contributed by atoms with E-state index in [2.05, 4.69) is 5.92 Å². The van der Waals surface area contributed by atoms with E-state index in [4.69, 9.17) is 6.42 Å². The Morgan fingerprint density at radius 2 is 2.00 bits per heavy atom. The minimum Gasteiger partial charge on any atom is -0.393 e. The first-order valence-corrected chi connectivity index (χ1v) is 4.71. The summed E-state index contributed by atoms with van der Waals surface area (Å²) in [5, 5.41) is 19.8. The van der Waals surface area contributed by atoms with Crippen LogP contribution in [0.15, 0.2) is 0 Å². The van der Waals surface area contributed by atoms with E-state index in [-0.39, 0.29) is 12.0 Å². The topological polar surface area (TPSA) is 40.5 Å². The molecule has 0 amide bonds. The van der Waals surface area contributed by atoms with Crippen molar-refractivity contribution in [2.75, 3.05) is 0 Å². The Morgan fingerprint density at radius 1 is 1.46 bits per heavy atom. The quantitative estimate of drug-likeness (QED) is 0.552. The first-order chi connectivity index (χ1) is 5.83. The molecular formula is C11H18O2. The van der Waals surface area contributed by atoms with Crippen LogP contribution in [0.1, 0.15) is 33.6 Å². The summed E-state index contributed by atoms with van der Waals surface area (Å²) in [5.74, 6) is 2.44. The second-order valence-electron chi connectivity index (χ2n) is 4.79. The van der Waals surface area contributed by atoms with Crippen molar-refractivity contribution in [3.63, 3.8) is 0 Å². The standard InChI is InChI=1S/C11H18O2/c1-5-11(13)8(2)6-9(12)7-10(11,3)4/h1,8-9,12-13H,6-7H2,2-4H3. The molecular weight excluding hydrogens is 164 g/mol. The highest BCUT2D eigenvalue weighted by molar-refractivity contribution is 5.18. The fourth-order valence-corrected chi connectivity index (χ4v) is 2.41. The van der Waals surface area contributed by atoms with Crippen molar-refractivity contribution in [1.29, 1.82) is 0 Å². The maximum absolute atomic E-state index is 10.2. The average molecular weight is 182 g/mol. The molecule has 1 rings (SSSR count). The van der Waals surface area contributed by atoms with Crippen molar-refractivity contribution in [1.82, 2.24) is 0 Å². The monoisotopic (exact) mass is 182 g/mol. The zero-order chi connectivity index (χ0) is 10.3. The summed E-state index contributed by atoms with van der Waals surface area (Å²) >= 11 is 0. The van der Waals surface area contributed by atoms with Crippen LogP contribution in [-0.4, -0.2) is 21.9 Å². The molecule has 2 heteroatoms. The van der Waals surface area contributed by atoms with E-state index < -0.39 is 11.0 Å². The summed E-state index contributed by atoms with van der Waals surface area (Å²) in [6, 6.07) is 0. The van der Waals surface area contributed by atoms with E-state index in [1.54, 1.807) is 0 Å². The lowest BCUT2D eigenvalue weighted by Gasteiger charge is -2.48. The molecule has 1 fully saturated rings. The third-order valence-electron chi connectivity index (χ3n) is 3.34. The van der Waals surface area contributed by atoms with Crippen LogP contribution in [0.2, 0.25) is 0 Å². The van der Waals surface area contributed by atoms with Crippen LogP contribution in [0.5, 0.6) is 0 Å². The van der Waals surface area contributed by atoms with Crippen molar-refractivity contribution in [3.8, 4) is 12.3 Å². The summed E-state index contributed by atoms with van der Waals surface area (Å²) in [5.41, 5.74) is -1.48. The third-order valence-corrected chi connectivity index (χ3v) is 3.34. The molecule has 1 aliphatic carbocycles. The van der Waals surface area contributed by atoms with Crippen LogP contribution < -0.4 is 0 Å². The Hall–Kier alpha value is -0.520. The van der Waals surface area contributed by atoms with Crippen LogP contribution in [0, 0.1) is 23.7 Å². The van der Waals surface area contributed by atoms with Gasteiger partial charge < -0.3 is 10.2 Å². The molecule has 74 valence electrons. The lowest BCUT2D eigenvalue weighted by atomic mass is 9.60. The largest absolute Gasteiger partial charge is 0.393 e. The van der Waals surface area contributed by atoms with Crippen molar-refractivity contribution in [2.24, 2.45) is 11.3 Å². The molecule has 0 bridgehead atoms. The van der Waals surface area contributed by atoms with Crippen molar-refractivity contribution in [2.45, 2.75) is 45.3 Å². The van der Waals surface area contributed by atoms with Gasteiger partial charge in [-0.25, -0.2) is 0 Å². The van der Waals surface area contributed by atoms with Gasteiger partial charge in [0.2, 0.25) is 0 Å². The molecule has 0 saturated heterocycles. The van der Waals surface area contributed by atoms with Gasteiger partial charge in [0.1, 0.15) is 5.60 Å². The maximum Gasteiger partial charge on any atom is 0.132 e. The highest BCUT2D eigenvalue weighted by atomic mass is 16.3. The lowest BCUT2D eigenvalue weighted by Crippen LogP contribution is -2.54. The Kier molecular flexibility index (Phi) is 2.44. The number of hydrogen-bond acceptors (Lipinski definition) is 2. The van der Waals surface area contributed by atoms with E-state index in [9.17, 15) is 10.2 Å². The van der Waals surface area contributed by atoms with Crippen LogP contribution in [0.25, 0.3) is 0 Å². The fraction of sp³-hybridized carbons (Fsp3) is 0.818. The van der Waals surface area contributed by atoms with Crippen LogP contribution in [0.3, 0.4) is 0 Å². The van der Waals surface area contributed by atoms with Crippen molar-refractivity contribution in [3.05, 3.63) is 0 Å². The van der Waals surface area contributed by atoms with Crippen LogP contribution >= 0.6 is 0 Å². The summed E-state index contributed by atoms with van der Waals surface area (Å²) in [7, 11) is 0. The minimum atomic E-state index is -1.08. The molecule has 0 radical (unpaired) electrons. The summed E-state index contributed by atoms with van der Waals surface area (Å²) in [6.45, 7) is 5.71. The van der Waals surface area contributed by atoms with Gasteiger partial charge in [0, 0.05) is 5.41 Å². The van der Waals surface area contributed by atoms with E-state index in [1.807, 2.05) is 20.8 Å². The summed E-state index contributed by atoms with van der Waals surface area (Å²) < 4.78 is 0. The van der Waals surface area contributed by atoms with Crippen LogP contribution in [0.4, 0.5) is 0 Å². The SMILES string of the molecule is C#CC1(O)C(C)CC(O)CC1(C)C. The van der Waals surface area contributed by atoms with Gasteiger partial charge in [0.15, 0.2) is 0 Å². The second-order valence-corrected chi connectivity index (χ2v) is 4.79. The molecule has 0 aliphatic heterocycles. The molecule has 0 spiro atoms. The predicted molar refractivity (Wildman–Crippen MR) is 52.0 cm³/mol. The third kappa shape index (κ3) is 1.47. The van der Waals surface area contributed by atoms with Gasteiger partial charge in [-0.2, -0.15) is 0 Å². The van der Waals surface area contributed by atoms with Crippen molar-refractivity contribution < 1.29 is 10.2 Å². The molecule has 1 aliphatic rings. The number of aliphatic hydroxyl groups is 2. The molecule has 0 aromatic carbocycles. The Balaban J connectivity index is 3.01. The maximum atomic E-state index is 10.2. The summed E-state index contributed by atoms with van der Waals surface area (Å²) in [6.07, 6.45) is 6.19. The Labute approximate surface area is 80.0 Å². The zero-order valence-electron chi connectivity index (χ0n) is 8.54. The number of aliphatic hydroxyl groups excluding tert-OH is 1. The minimum absolute atomic E-state index is 0.0451. The smallest absolute Gasteiger partial charge is 0.132 e. The molecule has 0 heterocycles. The molecule has 0 aromatic rings. The van der Waals surface area contributed by atoms with Gasteiger partial charge in [-0.05, 0) is 18.8 Å². The molecule has 3 atom stereocenters. The molecule has 3 unspecified atom stereocenters. The molecule has 13 heavy (non-hydrogen) atoms. The number of terminal acetylenes is 1. The molecule has 2 N–H and O–H groups in total. The van der Waals surface area contributed by atoms with Crippen LogP contribution in [-0.2, 0) is 0 Å². The van der Waals surface area contributed by atoms with Gasteiger partial charge in [-0.1, -0.05) is 26.7 Å². The highest BCUT2D eigenvalue weighted by Crippen LogP contribution is 2.46. The normalized spacial score (nSPS) is 44.0.